The third-order valence-corrected chi connectivity index (χ3v) is 6.91. The largest absolute Gasteiger partial charge is 0.449 e. The lowest BCUT2D eigenvalue weighted by molar-refractivity contribution is -0.123. The van der Waals surface area contributed by atoms with Crippen LogP contribution in [0.3, 0.4) is 0 Å². The van der Waals surface area contributed by atoms with Crippen LogP contribution < -0.4 is 5.32 Å². The highest BCUT2D eigenvalue weighted by atomic mass is 32.2. The number of rotatable bonds is 6. The highest BCUT2D eigenvalue weighted by molar-refractivity contribution is 7.89. The molecule has 0 bridgehead atoms. The average molecular weight is 447 g/mol. The first-order valence-electron chi connectivity index (χ1n) is 9.95. The van der Waals surface area contributed by atoms with Gasteiger partial charge >= 0.3 is 5.97 Å². The van der Waals surface area contributed by atoms with E-state index < -0.39 is 28.0 Å². The highest BCUT2D eigenvalue weighted by Crippen LogP contribution is 2.20. The van der Waals surface area contributed by atoms with Crippen molar-refractivity contribution in [1.29, 1.82) is 0 Å². The Labute approximate surface area is 182 Å². The van der Waals surface area contributed by atoms with Crippen molar-refractivity contribution in [2.45, 2.75) is 31.8 Å². The third kappa shape index (κ3) is 5.49. The van der Waals surface area contributed by atoms with E-state index in [4.69, 9.17) is 9.47 Å². The molecule has 8 nitrogen and oxygen atoms in total. The van der Waals surface area contributed by atoms with Crippen molar-refractivity contribution < 1.29 is 27.5 Å². The number of nitrogens with one attached hydrogen (secondary N) is 1. The van der Waals surface area contributed by atoms with Crippen LogP contribution >= 0.6 is 0 Å². The maximum atomic E-state index is 12.7. The molecule has 1 unspecified atom stereocenters. The Balaban J connectivity index is 1.62. The number of ether oxygens (including phenoxy) is 2. The van der Waals surface area contributed by atoms with Crippen LogP contribution in [-0.4, -0.2) is 57.0 Å². The van der Waals surface area contributed by atoms with E-state index in [1.54, 1.807) is 13.0 Å². The van der Waals surface area contributed by atoms with Crippen molar-refractivity contribution in [3.63, 3.8) is 0 Å². The van der Waals surface area contributed by atoms with Gasteiger partial charge < -0.3 is 14.8 Å². The number of esters is 1. The summed E-state index contributed by atoms with van der Waals surface area (Å²) < 4.78 is 37.2. The lowest BCUT2D eigenvalue weighted by Gasteiger charge is -2.26. The summed E-state index contributed by atoms with van der Waals surface area (Å²) in [7, 11) is -3.61. The molecule has 2 aromatic rings. The van der Waals surface area contributed by atoms with Gasteiger partial charge in [0.25, 0.3) is 5.91 Å². The second kappa shape index (κ2) is 9.59. The van der Waals surface area contributed by atoms with Crippen molar-refractivity contribution in [2.75, 3.05) is 31.6 Å². The van der Waals surface area contributed by atoms with E-state index in [1.165, 1.54) is 35.5 Å². The number of amides is 1. The molecule has 0 spiro atoms. The molecular formula is C22H26N2O6S. The summed E-state index contributed by atoms with van der Waals surface area (Å²) >= 11 is 0. The van der Waals surface area contributed by atoms with E-state index in [9.17, 15) is 18.0 Å². The van der Waals surface area contributed by atoms with Crippen LogP contribution in [-0.2, 0) is 24.3 Å². The Morgan fingerprint density at radius 1 is 1.06 bits per heavy atom. The van der Waals surface area contributed by atoms with E-state index >= 15 is 0 Å². The third-order valence-electron chi connectivity index (χ3n) is 5.00. The van der Waals surface area contributed by atoms with Crippen molar-refractivity contribution in [3.05, 3.63) is 59.2 Å². The van der Waals surface area contributed by atoms with Crippen molar-refractivity contribution >= 4 is 27.6 Å². The van der Waals surface area contributed by atoms with E-state index in [0.29, 0.717) is 37.6 Å². The Morgan fingerprint density at radius 2 is 1.71 bits per heavy atom. The van der Waals surface area contributed by atoms with Gasteiger partial charge in [0, 0.05) is 18.8 Å². The number of anilines is 1. The number of carbonyl (C=O) groups is 2. The zero-order valence-corrected chi connectivity index (χ0v) is 18.6. The van der Waals surface area contributed by atoms with Crippen LogP contribution in [0.1, 0.15) is 28.4 Å². The summed E-state index contributed by atoms with van der Waals surface area (Å²) in [5, 5.41) is 2.64. The van der Waals surface area contributed by atoms with Gasteiger partial charge in [0.15, 0.2) is 6.10 Å². The van der Waals surface area contributed by atoms with Gasteiger partial charge in [-0.3, -0.25) is 4.79 Å². The van der Waals surface area contributed by atoms with Gasteiger partial charge in [0.2, 0.25) is 10.0 Å². The van der Waals surface area contributed by atoms with Crippen LogP contribution in [0.5, 0.6) is 0 Å². The molecule has 0 aromatic heterocycles. The molecule has 1 heterocycles. The predicted octanol–water partition coefficient (Wildman–Crippen LogP) is 2.51. The summed E-state index contributed by atoms with van der Waals surface area (Å²) in [5.74, 6) is -1.08. The fraction of sp³-hybridized carbons (Fsp3) is 0.364. The Kier molecular flexibility index (Phi) is 7.09. The first-order valence-corrected chi connectivity index (χ1v) is 11.4. The molecule has 9 heteroatoms. The monoisotopic (exact) mass is 446 g/mol. The molecule has 1 N–H and O–H groups in total. The number of aryl methyl sites for hydroxylation is 2. The smallest absolute Gasteiger partial charge is 0.339 e. The van der Waals surface area contributed by atoms with E-state index in [1.807, 2.05) is 19.1 Å². The standard InChI is InChI=1S/C22H26N2O6S/c1-15-4-5-16(2)20(14-15)22(26)30-17(3)21(25)23-18-6-8-19(9-7-18)31(27,28)24-10-12-29-13-11-24/h4-9,14,17H,10-13H2,1-3H3,(H,23,25). The summed E-state index contributed by atoms with van der Waals surface area (Å²) in [4.78, 5) is 25.0. The zero-order valence-electron chi connectivity index (χ0n) is 17.8. The molecule has 1 fully saturated rings. The molecule has 1 aliphatic heterocycles. The molecule has 166 valence electrons. The van der Waals surface area contributed by atoms with Gasteiger partial charge in [0.05, 0.1) is 23.7 Å². The SMILES string of the molecule is Cc1ccc(C)c(C(=O)OC(C)C(=O)Nc2ccc(S(=O)(=O)N3CCOCC3)cc2)c1. The molecular weight excluding hydrogens is 420 g/mol. The van der Waals surface area contributed by atoms with Crippen LogP contribution in [0.2, 0.25) is 0 Å². The number of benzene rings is 2. The number of nitrogens with zero attached hydrogens (tertiary/aromatic N) is 1. The van der Waals surface area contributed by atoms with Crippen LogP contribution in [0.25, 0.3) is 0 Å². The Bertz CT molecular complexity index is 1060. The van der Waals surface area contributed by atoms with Gasteiger partial charge in [-0.1, -0.05) is 17.7 Å². The molecule has 3 rings (SSSR count). The van der Waals surface area contributed by atoms with Crippen molar-refractivity contribution in [2.24, 2.45) is 0 Å². The van der Waals surface area contributed by atoms with Crippen molar-refractivity contribution in [1.82, 2.24) is 4.31 Å². The first-order chi connectivity index (χ1) is 14.7. The molecule has 0 aliphatic carbocycles. The number of morpholine rings is 1. The second-order valence-corrected chi connectivity index (χ2v) is 9.33. The molecule has 1 saturated heterocycles. The maximum Gasteiger partial charge on any atom is 0.339 e. The lowest BCUT2D eigenvalue weighted by atomic mass is 10.1. The predicted molar refractivity (Wildman–Crippen MR) is 115 cm³/mol. The fourth-order valence-corrected chi connectivity index (χ4v) is 4.53. The average Bonchev–Trinajstić information content (AvgIpc) is 2.76. The van der Waals surface area contributed by atoms with Gasteiger partial charge in [-0.15, -0.1) is 0 Å². The molecule has 0 saturated carbocycles. The Hall–Kier alpha value is -2.75. The first kappa shape index (κ1) is 22.9. The van der Waals surface area contributed by atoms with Gasteiger partial charge in [-0.2, -0.15) is 4.31 Å². The summed E-state index contributed by atoms with van der Waals surface area (Å²) in [6.45, 7) is 6.50. The minimum atomic E-state index is -3.61. The minimum Gasteiger partial charge on any atom is -0.449 e. The van der Waals surface area contributed by atoms with Gasteiger partial charge in [-0.25, -0.2) is 13.2 Å². The van der Waals surface area contributed by atoms with E-state index in [-0.39, 0.29) is 4.90 Å². The van der Waals surface area contributed by atoms with E-state index in [2.05, 4.69) is 5.32 Å². The lowest BCUT2D eigenvalue weighted by Crippen LogP contribution is -2.40. The highest BCUT2D eigenvalue weighted by Gasteiger charge is 2.26. The minimum absolute atomic E-state index is 0.141. The van der Waals surface area contributed by atoms with Crippen LogP contribution in [0, 0.1) is 13.8 Å². The number of carbonyl (C=O) groups excluding carboxylic acids is 2. The topological polar surface area (TPSA) is 102 Å². The zero-order chi connectivity index (χ0) is 22.6. The molecule has 0 radical (unpaired) electrons. The summed E-state index contributed by atoms with van der Waals surface area (Å²) in [6.07, 6.45) is -1.02. The Morgan fingerprint density at radius 3 is 2.35 bits per heavy atom. The fourth-order valence-electron chi connectivity index (χ4n) is 3.12. The number of sulfonamides is 1. The normalized spacial score (nSPS) is 15.8. The maximum absolute atomic E-state index is 12.7. The van der Waals surface area contributed by atoms with E-state index in [0.717, 1.165) is 11.1 Å². The van der Waals surface area contributed by atoms with Crippen LogP contribution in [0.15, 0.2) is 47.4 Å². The summed E-state index contributed by atoms with van der Waals surface area (Å²) in [6, 6.07) is 11.3. The molecule has 31 heavy (non-hydrogen) atoms. The van der Waals surface area contributed by atoms with Gasteiger partial charge in [0.1, 0.15) is 0 Å². The van der Waals surface area contributed by atoms with Crippen LogP contribution in [0.4, 0.5) is 5.69 Å². The summed E-state index contributed by atoms with van der Waals surface area (Å²) in [5.41, 5.74) is 2.50. The number of hydrogen-bond acceptors (Lipinski definition) is 6. The molecule has 1 amide bonds. The quantitative estimate of drug-likeness (QED) is 0.684. The van der Waals surface area contributed by atoms with Crippen molar-refractivity contribution in [3.8, 4) is 0 Å². The molecule has 1 aliphatic rings. The molecule has 1 atom stereocenters. The number of hydrogen-bond donors (Lipinski definition) is 1. The van der Waals surface area contributed by atoms with Gasteiger partial charge in [-0.05, 0) is 56.7 Å². The second-order valence-electron chi connectivity index (χ2n) is 7.40. The molecule has 2 aromatic carbocycles.